The molecule has 5 aromatic carbocycles. The quantitative estimate of drug-likeness (QED) is 0.126. The van der Waals surface area contributed by atoms with Gasteiger partial charge in [-0.3, -0.25) is 0 Å². The van der Waals surface area contributed by atoms with Crippen LogP contribution >= 0.6 is 0 Å². The van der Waals surface area contributed by atoms with Gasteiger partial charge in [-0.2, -0.15) is 0 Å². The number of oxime groups is 1. The van der Waals surface area contributed by atoms with Crippen molar-refractivity contribution >= 4 is 49.8 Å². The molecule has 0 unspecified atom stereocenters. The number of hydrogen-bond acceptors (Lipinski definition) is 2. The van der Waals surface area contributed by atoms with Gasteiger partial charge in [-0.25, -0.2) is 0 Å². The molecular formula is C21H15NO. The summed E-state index contributed by atoms with van der Waals surface area (Å²) in [6, 6.07) is 26.4. The number of benzene rings is 5. The van der Waals surface area contributed by atoms with Crippen molar-refractivity contribution in [3.05, 3.63) is 72.8 Å². The minimum absolute atomic E-state index is 1.33. The van der Waals surface area contributed by atoms with Crippen molar-refractivity contribution in [1.29, 1.82) is 0 Å². The lowest BCUT2D eigenvalue weighted by Crippen LogP contribution is -1.85. The molecule has 0 spiro atoms. The summed E-state index contributed by atoms with van der Waals surface area (Å²) < 4.78 is 0. The summed E-state index contributed by atoms with van der Waals surface area (Å²) in [6.45, 7) is 2.67. The van der Waals surface area contributed by atoms with Crippen molar-refractivity contribution in [2.24, 2.45) is 5.16 Å². The van der Waals surface area contributed by atoms with Crippen molar-refractivity contribution < 1.29 is 5.21 Å². The monoisotopic (exact) mass is 297 g/mol. The van der Waals surface area contributed by atoms with E-state index in [0.717, 1.165) is 0 Å². The van der Waals surface area contributed by atoms with E-state index < -0.39 is 0 Å². The minimum Gasteiger partial charge on any atom is -0.411 e. The molecule has 0 radical (unpaired) electrons. The maximum absolute atomic E-state index is 7.08. The first-order valence-electron chi connectivity index (χ1n) is 7.49. The number of hydrogen-bond donors (Lipinski definition) is 1. The van der Waals surface area contributed by atoms with E-state index in [1.165, 1.54) is 43.1 Å². The van der Waals surface area contributed by atoms with Gasteiger partial charge in [-0.05, 0) is 43.1 Å². The largest absolute Gasteiger partial charge is 0.411 e. The van der Waals surface area contributed by atoms with Gasteiger partial charge in [-0.1, -0.05) is 72.8 Å². The zero-order valence-electron chi connectivity index (χ0n) is 12.5. The Morgan fingerprint density at radius 3 is 1.09 bits per heavy atom. The maximum Gasteiger partial charge on any atom is 0.0298 e. The van der Waals surface area contributed by atoms with Crippen LogP contribution in [0.15, 0.2) is 78.0 Å². The normalized spacial score (nSPS) is 11.0. The molecule has 0 aliphatic heterocycles. The van der Waals surface area contributed by atoms with Gasteiger partial charge in [0.05, 0.1) is 0 Å². The summed E-state index contributed by atoms with van der Waals surface area (Å²) in [7, 11) is 0. The molecule has 0 saturated carbocycles. The van der Waals surface area contributed by atoms with E-state index >= 15 is 0 Å². The molecule has 0 atom stereocenters. The molecule has 0 fully saturated rings. The highest BCUT2D eigenvalue weighted by Gasteiger charge is 2.11. The Bertz CT molecular complexity index is 975. The van der Waals surface area contributed by atoms with Gasteiger partial charge in [0.15, 0.2) is 0 Å². The average molecular weight is 297 g/mol. The molecule has 0 aliphatic carbocycles. The summed E-state index contributed by atoms with van der Waals surface area (Å²) in [6.07, 6.45) is 0. The molecule has 5 aromatic rings. The van der Waals surface area contributed by atoms with Gasteiger partial charge in [-0.15, -0.1) is 5.16 Å². The zero-order valence-corrected chi connectivity index (χ0v) is 12.5. The number of rotatable bonds is 0. The zero-order chi connectivity index (χ0) is 15.8. The van der Waals surface area contributed by atoms with Crippen LogP contribution in [0.3, 0.4) is 0 Å². The summed E-state index contributed by atoms with van der Waals surface area (Å²) in [5, 5.41) is 20.2. The molecule has 2 heteroatoms. The molecule has 0 bridgehead atoms. The van der Waals surface area contributed by atoms with E-state index in [0.29, 0.717) is 0 Å². The first kappa shape index (κ1) is 13.5. The van der Waals surface area contributed by atoms with Crippen LogP contribution in [0.25, 0.3) is 43.1 Å². The lowest BCUT2D eigenvalue weighted by molar-refractivity contribution is 0.323. The Morgan fingerprint density at radius 1 is 0.565 bits per heavy atom. The topological polar surface area (TPSA) is 32.6 Å². The van der Waals surface area contributed by atoms with E-state index in [9.17, 15) is 0 Å². The first-order chi connectivity index (χ1) is 11.3. The molecule has 23 heavy (non-hydrogen) atoms. The van der Waals surface area contributed by atoms with Crippen LogP contribution < -0.4 is 0 Å². The van der Waals surface area contributed by atoms with Crippen LogP contribution in [-0.4, -0.2) is 11.9 Å². The molecular weight excluding hydrogens is 282 g/mol. The fraction of sp³-hybridized carbons (Fsp3) is 0. The third-order valence-corrected chi connectivity index (χ3v) is 4.39. The van der Waals surface area contributed by atoms with E-state index in [-0.39, 0.29) is 0 Å². The Morgan fingerprint density at radius 2 is 0.826 bits per heavy atom. The summed E-state index contributed by atoms with van der Waals surface area (Å²) >= 11 is 0. The predicted octanol–water partition coefficient (Wildman–Crippen LogP) is 5.81. The van der Waals surface area contributed by atoms with E-state index in [2.05, 4.69) is 84.7 Å². The molecule has 0 heterocycles. The smallest absolute Gasteiger partial charge is 0.0298 e. The highest BCUT2D eigenvalue weighted by atomic mass is 16.4. The predicted molar refractivity (Wildman–Crippen MR) is 99.0 cm³/mol. The molecule has 0 aliphatic rings. The standard InChI is InChI=1S/C20H12.CH3NO/c1-5-13-6-2-11-17-18-12-4-8-14-7-3-10-16(20(14)18)15(9-1)19(13)17;1-2-3/h1-12H;3H,1H2. The van der Waals surface area contributed by atoms with Crippen molar-refractivity contribution in [3.8, 4) is 0 Å². The second-order valence-electron chi connectivity index (χ2n) is 5.56. The van der Waals surface area contributed by atoms with Crippen LogP contribution in [0, 0.1) is 0 Å². The summed E-state index contributed by atoms with van der Waals surface area (Å²) in [5.41, 5.74) is 0. The van der Waals surface area contributed by atoms with E-state index in [4.69, 9.17) is 5.21 Å². The second-order valence-corrected chi connectivity index (χ2v) is 5.56. The van der Waals surface area contributed by atoms with Gasteiger partial charge in [0.1, 0.15) is 0 Å². The van der Waals surface area contributed by atoms with Crippen LogP contribution in [0.4, 0.5) is 0 Å². The van der Waals surface area contributed by atoms with Crippen molar-refractivity contribution in [1.82, 2.24) is 0 Å². The van der Waals surface area contributed by atoms with Gasteiger partial charge < -0.3 is 5.21 Å². The molecule has 2 nitrogen and oxygen atoms in total. The number of nitrogens with zero attached hydrogens (tertiary/aromatic N) is 1. The second kappa shape index (κ2) is 5.25. The van der Waals surface area contributed by atoms with E-state index in [1.54, 1.807) is 0 Å². The molecule has 0 aromatic heterocycles. The van der Waals surface area contributed by atoms with Gasteiger partial charge in [0.25, 0.3) is 0 Å². The van der Waals surface area contributed by atoms with Crippen LogP contribution in [-0.2, 0) is 0 Å². The molecule has 0 amide bonds. The Balaban J connectivity index is 0.000000421. The van der Waals surface area contributed by atoms with Crippen molar-refractivity contribution in [2.75, 3.05) is 0 Å². The highest BCUT2D eigenvalue weighted by molar-refractivity contribution is 6.32. The third-order valence-electron chi connectivity index (χ3n) is 4.39. The Hall–Kier alpha value is -3.13. The third kappa shape index (κ3) is 1.92. The van der Waals surface area contributed by atoms with Gasteiger partial charge in [0, 0.05) is 6.72 Å². The van der Waals surface area contributed by atoms with Crippen LogP contribution in [0.2, 0.25) is 0 Å². The van der Waals surface area contributed by atoms with Crippen LogP contribution in [0.1, 0.15) is 0 Å². The molecule has 0 saturated heterocycles. The summed E-state index contributed by atoms with van der Waals surface area (Å²) in [4.78, 5) is 0. The average Bonchev–Trinajstić information content (AvgIpc) is 2.60. The fourth-order valence-electron chi connectivity index (χ4n) is 3.58. The lowest BCUT2D eigenvalue weighted by atomic mass is 9.90. The molecule has 110 valence electrons. The highest BCUT2D eigenvalue weighted by Crippen LogP contribution is 2.39. The maximum atomic E-state index is 7.08. The molecule has 1 N–H and O–H groups in total. The van der Waals surface area contributed by atoms with E-state index in [1.807, 2.05) is 0 Å². The summed E-state index contributed by atoms with van der Waals surface area (Å²) in [5.74, 6) is 0. The van der Waals surface area contributed by atoms with Crippen LogP contribution in [0.5, 0.6) is 0 Å². The van der Waals surface area contributed by atoms with Gasteiger partial charge in [0.2, 0.25) is 0 Å². The Labute approximate surface area is 133 Å². The van der Waals surface area contributed by atoms with Crippen molar-refractivity contribution in [3.63, 3.8) is 0 Å². The number of fused-ring (bicyclic) bond motifs is 2. The Kier molecular flexibility index (Phi) is 3.09. The van der Waals surface area contributed by atoms with Gasteiger partial charge >= 0.3 is 0 Å². The van der Waals surface area contributed by atoms with Crippen molar-refractivity contribution in [2.45, 2.75) is 0 Å². The SMILES string of the molecule is C=NO.c1cc2cccc3c4cccc5cccc(c(c1)c23)c54. The first-order valence-corrected chi connectivity index (χ1v) is 7.49. The lowest BCUT2D eigenvalue weighted by Gasteiger charge is -2.13. The fourth-order valence-corrected chi connectivity index (χ4v) is 3.58. The minimum atomic E-state index is 1.33. The molecule has 5 rings (SSSR count).